The predicted molar refractivity (Wildman–Crippen MR) is 74.8 cm³/mol. The van der Waals surface area contributed by atoms with Gasteiger partial charge < -0.3 is 4.52 Å². The Morgan fingerprint density at radius 3 is 2.61 bits per heavy atom. The first-order chi connectivity index (χ1) is 11.0. The number of sulfone groups is 1. The van der Waals surface area contributed by atoms with E-state index in [0.717, 1.165) is 12.1 Å². The van der Waals surface area contributed by atoms with Crippen LogP contribution in [0.5, 0.6) is 0 Å². The Morgan fingerprint density at radius 1 is 1.09 bits per heavy atom. The van der Waals surface area contributed by atoms with Gasteiger partial charge in [0.2, 0.25) is 21.6 Å². The van der Waals surface area contributed by atoms with Crippen molar-refractivity contribution in [1.82, 2.24) is 15.1 Å². The van der Waals surface area contributed by atoms with Crippen molar-refractivity contribution in [3.05, 3.63) is 60.1 Å². The van der Waals surface area contributed by atoms with Crippen molar-refractivity contribution in [2.24, 2.45) is 0 Å². The summed E-state index contributed by atoms with van der Waals surface area (Å²) >= 11 is 0. The second-order valence-corrected chi connectivity index (χ2v) is 6.50. The largest absolute Gasteiger partial charge is 0.338 e. The molecule has 0 radical (unpaired) electrons. The molecule has 9 heteroatoms. The van der Waals surface area contributed by atoms with Gasteiger partial charge in [0.15, 0.2) is 16.7 Å². The summed E-state index contributed by atoms with van der Waals surface area (Å²) in [6, 6.07) is 7.57. The number of halogens is 2. The highest BCUT2D eigenvalue weighted by Gasteiger charge is 2.21. The first-order valence-electron chi connectivity index (χ1n) is 6.37. The summed E-state index contributed by atoms with van der Waals surface area (Å²) in [6.07, 6.45) is 1.35. The Morgan fingerprint density at radius 2 is 1.91 bits per heavy atom. The zero-order chi connectivity index (χ0) is 16.4. The zero-order valence-electron chi connectivity index (χ0n) is 11.5. The van der Waals surface area contributed by atoms with Crippen molar-refractivity contribution in [3.63, 3.8) is 0 Å². The maximum absolute atomic E-state index is 13.2. The fourth-order valence-electron chi connectivity index (χ4n) is 1.83. The molecule has 0 aliphatic heterocycles. The molecule has 0 bridgehead atoms. The van der Waals surface area contributed by atoms with Crippen LogP contribution >= 0.6 is 0 Å². The van der Waals surface area contributed by atoms with Crippen LogP contribution in [0.1, 0.15) is 5.89 Å². The summed E-state index contributed by atoms with van der Waals surface area (Å²) in [7, 11) is -3.74. The van der Waals surface area contributed by atoms with Crippen LogP contribution < -0.4 is 0 Å². The van der Waals surface area contributed by atoms with E-state index < -0.39 is 27.2 Å². The van der Waals surface area contributed by atoms with Crippen molar-refractivity contribution in [2.45, 2.75) is 10.8 Å². The van der Waals surface area contributed by atoms with Crippen LogP contribution in [0.2, 0.25) is 0 Å². The molecule has 0 spiro atoms. The molecule has 0 aliphatic rings. The summed E-state index contributed by atoms with van der Waals surface area (Å²) in [6.45, 7) is 0. The molecule has 0 aliphatic carbocycles. The van der Waals surface area contributed by atoms with Crippen LogP contribution in [0.15, 0.2) is 52.1 Å². The van der Waals surface area contributed by atoms with Crippen LogP contribution in [-0.4, -0.2) is 23.5 Å². The van der Waals surface area contributed by atoms with Crippen molar-refractivity contribution in [2.75, 3.05) is 0 Å². The van der Waals surface area contributed by atoms with Crippen LogP contribution in [0.4, 0.5) is 8.78 Å². The molecule has 0 unspecified atom stereocenters. The lowest BCUT2D eigenvalue weighted by Crippen LogP contribution is -2.07. The van der Waals surface area contributed by atoms with Crippen molar-refractivity contribution in [1.29, 1.82) is 0 Å². The molecule has 2 aromatic heterocycles. The number of aromatic nitrogens is 3. The van der Waals surface area contributed by atoms with E-state index in [2.05, 4.69) is 15.1 Å². The molecule has 0 saturated heterocycles. The molecular formula is C14H9F2N3O3S. The molecule has 3 aromatic rings. The van der Waals surface area contributed by atoms with E-state index in [4.69, 9.17) is 4.52 Å². The standard InChI is InChI=1S/C14H9F2N3O3S/c15-10-5-4-9(7-11(10)16)14-18-12(22-19-14)8-23(20,21)13-3-1-2-6-17-13/h1-7H,8H2. The van der Waals surface area contributed by atoms with Gasteiger partial charge in [-0.1, -0.05) is 11.2 Å². The van der Waals surface area contributed by atoms with E-state index in [1.54, 1.807) is 12.1 Å². The molecule has 6 nitrogen and oxygen atoms in total. The van der Waals surface area contributed by atoms with Gasteiger partial charge in [-0.15, -0.1) is 0 Å². The molecule has 2 heterocycles. The zero-order valence-corrected chi connectivity index (χ0v) is 12.3. The summed E-state index contributed by atoms with van der Waals surface area (Å²) in [4.78, 5) is 7.65. The van der Waals surface area contributed by atoms with E-state index in [0.29, 0.717) is 0 Å². The molecule has 0 N–H and O–H groups in total. The van der Waals surface area contributed by atoms with Crippen LogP contribution in [0.3, 0.4) is 0 Å². The normalized spacial score (nSPS) is 11.6. The Bertz CT molecular complexity index is 943. The van der Waals surface area contributed by atoms with Gasteiger partial charge in [-0.3, -0.25) is 0 Å². The maximum Gasteiger partial charge on any atom is 0.242 e. The lowest BCUT2D eigenvalue weighted by molar-refractivity contribution is 0.389. The molecule has 23 heavy (non-hydrogen) atoms. The van der Waals surface area contributed by atoms with Gasteiger partial charge in [0.05, 0.1) is 0 Å². The minimum atomic E-state index is -3.74. The summed E-state index contributed by atoms with van der Waals surface area (Å²) in [5.74, 6) is -2.81. The average molecular weight is 337 g/mol. The number of nitrogens with zero attached hydrogens (tertiary/aromatic N) is 3. The van der Waals surface area contributed by atoms with E-state index in [1.165, 1.54) is 18.3 Å². The molecule has 0 saturated carbocycles. The van der Waals surface area contributed by atoms with Crippen molar-refractivity contribution < 1.29 is 21.7 Å². The topological polar surface area (TPSA) is 86.0 Å². The molecule has 0 amide bonds. The van der Waals surface area contributed by atoms with Crippen LogP contribution in [-0.2, 0) is 15.6 Å². The van der Waals surface area contributed by atoms with E-state index in [-0.39, 0.29) is 22.3 Å². The highest BCUT2D eigenvalue weighted by molar-refractivity contribution is 7.90. The Labute approximate surface area is 129 Å². The number of hydrogen-bond acceptors (Lipinski definition) is 6. The smallest absolute Gasteiger partial charge is 0.242 e. The predicted octanol–water partition coefficient (Wildman–Crippen LogP) is 2.38. The fraction of sp³-hybridized carbons (Fsp3) is 0.0714. The van der Waals surface area contributed by atoms with Crippen molar-refractivity contribution in [3.8, 4) is 11.4 Å². The number of benzene rings is 1. The van der Waals surface area contributed by atoms with Gasteiger partial charge in [0, 0.05) is 11.8 Å². The van der Waals surface area contributed by atoms with Gasteiger partial charge in [-0.05, 0) is 30.3 Å². The molecule has 0 fully saturated rings. The lowest BCUT2D eigenvalue weighted by atomic mass is 10.2. The molecular weight excluding hydrogens is 328 g/mol. The lowest BCUT2D eigenvalue weighted by Gasteiger charge is -1.99. The van der Waals surface area contributed by atoms with Crippen LogP contribution in [0.25, 0.3) is 11.4 Å². The highest BCUT2D eigenvalue weighted by Crippen LogP contribution is 2.20. The van der Waals surface area contributed by atoms with Crippen LogP contribution in [0, 0.1) is 11.6 Å². The quantitative estimate of drug-likeness (QED) is 0.726. The number of rotatable bonds is 4. The molecule has 3 rings (SSSR count). The summed E-state index contributed by atoms with van der Waals surface area (Å²) in [5.41, 5.74) is 0.175. The fourth-order valence-corrected chi connectivity index (χ4v) is 2.93. The van der Waals surface area contributed by atoms with Gasteiger partial charge in [-0.25, -0.2) is 22.2 Å². The number of hydrogen-bond donors (Lipinski definition) is 0. The molecule has 118 valence electrons. The first-order valence-corrected chi connectivity index (χ1v) is 8.03. The summed E-state index contributed by atoms with van der Waals surface area (Å²) in [5, 5.41) is 3.46. The van der Waals surface area contributed by atoms with Gasteiger partial charge in [0.25, 0.3) is 0 Å². The molecule has 1 aromatic carbocycles. The monoisotopic (exact) mass is 337 g/mol. The second-order valence-electron chi connectivity index (χ2n) is 4.57. The Hall–Kier alpha value is -2.68. The highest BCUT2D eigenvalue weighted by atomic mass is 32.2. The van der Waals surface area contributed by atoms with Gasteiger partial charge >= 0.3 is 0 Å². The Kier molecular flexibility index (Phi) is 3.87. The van der Waals surface area contributed by atoms with Gasteiger partial charge in [0.1, 0.15) is 5.75 Å². The van der Waals surface area contributed by atoms with Gasteiger partial charge in [-0.2, -0.15) is 4.98 Å². The third-order valence-corrected chi connectivity index (χ3v) is 4.42. The minimum Gasteiger partial charge on any atom is -0.338 e. The maximum atomic E-state index is 13.2. The first kappa shape index (κ1) is 15.2. The third-order valence-electron chi connectivity index (χ3n) is 2.92. The third kappa shape index (κ3) is 3.24. The second kappa shape index (κ2) is 5.84. The average Bonchev–Trinajstić information content (AvgIpc) is 2.99. The Balaban J connectivity index is 1.86. The number of pyridine rings is 1. The minimum absolute atomic E-state index is 0.0323. The van der Waals surface area contributed by atoms with E-state index >= 15 is 0 Å². The SMILES string of the molecule is O=S(=O)(Cc1nc(-c2ccc(F)c(F)c2)no1)c1ccccn1. The molecule has 0 atom stereocenters. The van der Waals surface area contributed by atoms with E-state index in [9.17, 15) is 17.2 Å². The summed E-state index contributed by atoms with van der Waals surface area (Å²) < 4.78 is 55.3. The van der Waals surface area contributed by atoms with E-state index in [1.807, 2.05) is 0 Å². The van der Waals surface area contributed by atoms with Crippen molar-refractivity contribution >= 4 is 9.84 Å².